The summed E-state index contributed by atoms with van der Waals surface area (Å²) in [6, 6.07) is 3.55. The van der Waals surface area contributed by atoms with Gasteiger partial charge in [0.25, 0.3) is 0 Å². The number of rotatable bonds is 4. The van der Waals surface area contributed by atoms with E-state index in [1.54, 1.807) is 18.4 Å². The largest absolute Gasteiger partial charge is 0.471 e. The Balaban J connectivity index is 1.72. The highest BCUT2D eigenvalue weighted by Gasteiger charge is 2.43. The van der Waals surface area contributed by atoms with E-state index in [2.05, 4.69) is 5.32 Å². The second kappa shape index (κ2) is 6.85. The molecule has 1 aromatic rings. The number of hydrogen-bond donors (Lipinski definition) is 1. The summed E-state index contributed by atoms with van der Waals surface area (Å²) in [4.78, 5) is 23.8. The van der Waals surface area contributed by atoms with E-state index >= 15 is 0 Å². The molecule has 122 valence electrons. The number of amides is 2. The minimum Gasteiger partial charge on any atom is -0.469 e. The molecular formula is C14H17F3N2O3. The normalized spacial score (nSPS) is 16.6. The molecule has 2 rings (SSSR count). The Hall–Kier alpha value is -1.99. The minimum atomic E-state index is -4.85. The summed E-state index contributed by atoms with van der Waals surface area (Å²) < 4.78 is 42.1. The fraction of sp³-hybridized carbons (Fsp3) is 0.571. The molecule has 1 fully saturated rings. The van der Waals surface area contributed by atoms with Crippen LogP contribution in [-0.4, -0.2) is 42.5 Å². The molecule has 22 heavy (non-hydrogen) atoms. The van der Waals surface area contributed by atoms with Gasteiger partial charge >= 0.3 is 12.1 Å². The van der Waals surface area contributed by atoms with Gasteiger partial charge in [-0.1, -0.05) is 0 Å². The zero-order chi connectivity index (χ0) is 16.2. The van der Waals surface area contributed by atoms with Gasteiger partial charge in [0, 0.05) is 32.0 Å². The Morgan fingerprint density at radius 2 is 2.00 bits per heavy atom. The SMILES string of the molecule is O=C(NCCc1ccco1)C1CCN(C(=O)C(F)(F)F)CC1. The van der Waals surface area contributed by atoms with Crippen LogP contribution in [0.25, 0.3) is 0 Å². The van der Waals surface area contributed by atoms with Crippen molar-refractivity contribution in [3.05, 3.63) is 24.2 Å². The molecule has 1 N–H and O–H groups in total. The minimum absolute atomic E-state index is 0.0470. The number of piperidine rings is 1. The van der Waals surface area contributed by atoms with Crippen molar-refractivity contribution in [2.75, 3.05) is 19.6 Å². The van der Waals surface area contributed by atoms with E-state index in [4.69, 9.17) is 4.42 Å². The first-order valence-electron chi connectivity index (χ1n) is 7.04. The molecule has 2 heterocycles. The van der Waals surface area contributed by atoms with Gasteiger partial charge in [0.15, 0.2) is 0 Å². The van der Waals surface area contributed by atoms with Gasteiger partial charge in [0.1, 0.15) is 5.76 Å². The maximum Gasteiger partial charge on any atom is 0.471 e. The zero-order valence-electron chi connectivity index (χ0n) is 11.9. The Morgan fingerprint density at radius 3 is 2.55 bits per heavy atom. The fourth-order valence-electron chi connectivity index (χ4n) is 2.43. The molecule has 1 aliphatic heterocycles. The predicted molar refractivity (Wildman–Crippen MR) is 70.8 cm³/mol. The van der Waals surface area contributed by atoms with Crippen LogP contribution in [0, 0.1) is 5.92 Å². The Labute approximate surface area is 125 Å². The standard InChI is InChI=1S/C14H17F3N2O3/c15-14(16,17)13(21)19-7-4-10(5-8-19)12(20)18-6-3-11-2-1-9-22-11/h1-2,9-10H,3-8H2,(H,18,20). The van der Waals surface area contributed by atoms with Gasteiger partial charge in [-0.25, -0.2) is 0 Å². The van der Waals surface area contributed by atoms with Crippen LogP contribution in [0.4, 0.5) is 13.2 Å². The molecule has 0 saturated carbocycles. The summed E-state index contributed by atoms with van der Waals surface area (Å²) in [6.07, 6.45) is -2.25. The molecule has 0 spiro atoms. The maximum absolute atomic E-state index is 12.3. The van der Waals surface area contributed by atoms with Crippen molar-refractivity contribution < 1.29 is 27.2 Å². The van der Waals surface area contributed by atoms with E-state index in [-0.39, 0.29) is 37.8 Å². The Morgan fingerprint density at radius 1 is 1.32 bits per heavy atom. The number of carbonyl (C=O) groups is 2. The number of hydrogen-bond acceptors (Lipinski definition) is 3. The van der Waals surface area contributed by atoms with E-state index in [9.17, 15) is 22.8 Å². The van der Waals surface area contributed by atoms with Gasteiger partial charge in [-0.2, -0.15) is 13.2 Å². The molecule has 0 bridgehead atoms. The third-order valence-electron chi connectivity index (χ3n) is 3.65. The van der Waals surface area contributed by atoms with Gasteiger partial charge in [-0.05, 0) is 25.0 Å². The molecule has 8 heteroatoms. The van der Waals surface area contributed by atoms with Crippen molar-refractivity contribution in [2.24, 2.45) is 5.92 Å². The van der Waals surface area contributed by atoms with Crippen LogP contribution in [0.2, 0.25) is 0 Å². The Kier molecular flexibility index (Phi) is 5.10. The average molecular weight is 318 g/mol. The topological polar surface area (TPSA) is 62.6 Å². The predicted octanol–water partition coefficient (Wildman–Crippen LogP) is 1.74. The van der Waals surface area contributed by atoms with Crippen LogP contribution in [0.1, 0.15) is 18.6 Å². The van der Waals surface area contributed by atoms with Crippen LogP contribution in [-0.2, 0) is 16.0 Å². The number of furan rings is 1. The second-order valence-corrected chi connectivity index (χ2v) is 5.18. The van der Waals surface area contributed by atoms with Crippen molar-refractivity contribution in [3.63, 3.8) is 0 Å². The zero-order valence-corrected chi connectivity index (χ0v) is 11.9. The summed E-state index contributed by atoms with van der Waals surface area (Å²) in [5.74, 6) is -1.62. The van der Waals surface area contributed by atoms with Crippen LogP contribution in [0.5, 0.6) is 0 Å². The van der Waals surface area contributed by atoms with Crippen LogP contribution < -0.4 is 5.32 Å². The van der Waals surface area contributed by atoms with E-state index in [0.717, 1.165) is 10.7 Å². The molecule has 1 aromatic heterocycles. The molecule has 5 nitrogen and oxygen atoms in total. The summed E-state index contributed by atoms with van der Waals surface area (Å²) >= 11 is 0. The highest BCUT2D eigenvalue weighted by molar-refractivity contribution is 5.83. The van der Waals surface area contributed by atoms with Crippen molar-refractivity contribution >= 4 is 11.8 Å². The number of nitrogens with one attached hydrogen (secondary N) is 1. The van der Waals surface area contributed by atoms with E-state index < -0.39 is 12.1 Å². The smallest absolute Gasteiger partial charge is 0.469 e. The number of nitrogens with zero attached hydrogens (tertiary/aromatic N) is 1. The maximum atomic E-state index is 12.3. The second-order valence-electron chi connectivity index (χ2n) is 5.18. The molecule has 0 unspecified atom stereocenters. The first-order chi connectivity index (χ1) is 10.4. The molecule has 2 amide bonds. The summed E-state index contributed by atoms with van der Waals surface area (Å²) in [5, 5.41) is 2.74. The average Bonchev–Trinajstić information content (AvgIpc) is 2.99. The monoisotopic (exact) mass is 318 g/mol. The highest BCUT2D eigenvalue weighted by atomic mass is 19.4. The summed E-state index contributed by atoms with van der Waals surface area (Å²) in [7, 11) is 0. The van der Waals surface area contributed by atoms with E-state index in [1.165, 1.54) is 0 Å². The lowest BCUT2D eigenvalue weighted by atomic mass is 9.96. The highest BCUT2D eigenvalue weighted by Crippen LogP contribution is 2.23. The third-order valence-corrected chi connectivity index (χ3v) is 3.65. The van der Waals surface area contributed by atoms with Gasteiger partial charge in [-0.15, -0.1) is 0 Å². The Bertz CT molecular complexity index is 506. The lowest BCUT2D eigenvalue weighted by Crippen LogP contribution is -2.47. The molecule has 0 radical (unpaired) electrons. The summed E-state index contributed by atoms with van der Waals surface area (Å²) in [5.41, 5.74) is 0. The van der Waals surface area contributed by atoms with E-state index in [0.29, 0.717) is 13.0 Å². The molecule has 0 aromatic carbocycles. The molecule has 1 saturated heterocycles. The molecule has 1 aliphatic rings. The van der Waals surface area contributed by atoms with Gasteiger partial charge in [0.05, 0.1) is 6.26 Å². The van der Waals surface area contributed by atoms with Gasteiger partial charge < -0.3 is 14.6 Å². The first-order valence-corrected chi connectivity index (χ1v) is 7.04. The molecular weight excluding hydrogens is 301 g/mol. The molecule has 0 aliphatic carbocycles. The third kappa shape index (κ3) is 4.25. The molecule has 0 atom stereocenters. The van der Waals surface area contributed by atoms with Gasteiger partial charge in [0.2, 0.25) is 5.91 Å². The number of alkyl halides is 3. The van der Waals surface area contributed by atoms with Gasteiger partial charge in [-0.3, -0.25) is 9.59 Å². The lowest BCUT2D eigenvalue weighted by molar-refractivity contribution is -0.186. The van der Waals surface area contributed by atoms with Crippen molar-refractivity contribution in [1.82, 2.24) is 10.2 Å². The lowest BCUT2D eigenvalue weighted by Gasteiger charge is -2.31. The quantitative estimate of drug-likeness (QED) is 0.920. The van der Waals surface area contributed by atoms with Crippen LogP contribution in [0.3, 0.4) is 0 Å². The van der Waals surface area contributed by atoms with Crippen molar-refractivity contribution in [2.45, 2.75) is 25.4 Å². The van der Waals surface area contributed by atoms with Crippen molar-refractivity contribution in [1.29, 1.82) is 0 Å². The van der Waals surface area contributed by atoms with E-state index in [1.807, 2.05) is 0 Å². The first kappa shape index (κ1) is 16.4. The number of likely N-dealkylation sites (tertiary alicyclic amines) is 1. The summed E-state index contributed by atoms with van der Waals surface area (Å²) in [6.45, 7) is 0.317. The fourth-order valence-corrected chi connectivity index (χ4v) is 2.43. The number of halogens is 3. The number of carbonyl (C=O) groups excluding carboxylic acids is 2. The van der Waals surface area contributed by atoms with Crippen molar-refractivity contribution in [3.8, 4) is 0 Å². The van der Waals surface area contributed by atoms with Crippen LogP contribution in [0.15, 0.2) is 22.8 Å². The van der Waals surface area contributed by atoms with Crippen LogP contribution >= 0.6 is 0 Å².